The van der Waals surface area contributed by atoms with Gasteiger partial charge in [-0.15, -0.1) is 0 Å². The number of hydrogen-bond donors (Lipinski definition) is 3. The summed E-state index contributed by atoms with van der Waals surface area (Å²) in [6.07, 6.45) is 3.29. The largest absolute Gasteiger partial charge is 0.379 e. The van der Waals surface area contributed by atoms with E-state index >= 15 is 0 Å². The molecule has 1 aromatic carbocycles. The van der Waals surface area contributed by atoms with Crippen molar-refractivity contribution in [3.8, 4) is 0 Å². The highest BCUT2D eigenvalue weighted by Crippen LogP contribution is 2.32. The molecule has 0 fully saturated rings. The van der Waals surface area contributed by atoms with Gasteiger partial charge in [0, 0.05) is 6.54 Å². The number of nitro groups is 1. The molecule has 1 aromatic rings. The van der Waals surface area contributed by atoms with Crippen LogP contribution in [0, 0.1) is 16.0 Å². The summed E-state index contributed by atoms with van der Waals surface area (Å²) in [5.41, 5.74) is 3.17. The lowest BCUT2D eigenvalue weighted by atomic mass is 10.1. The minimum atomic E-state index is -0.425. The monoisotopic (exact) mass is 266 g/mol. The van der Waals surface area contributed by atoms with Gasteiger partial charge in [-0.05, 0) is 24.5 Å². The third-order valence-electron chi connectivity index (χ3n) is 2.90. The van der Waals surface area contributed by atoms with Crippen molar-refractivity contribution in [2.45, 2.75) is 33.1 Å². The third-order valence-corrected chi connectivity index (χ3v) is 2.90. The molecule has 6 nitrogen and oxygen atoms in total. The maximum atomic E-state index is 11.0. The second-order valence-electron chi connectivity index (χ2n) is 4.92. The zero-order chi connectivity index (χ0) is 14.3. The molecule has 106 valence electrons. The van der Waals surface area contributed by atoms with E-state index in [9.17, 15) is 10.1 Å². The third kappa shape index (κ3) is 4.75. The van der Waals surface area contributed by atoms with Crippen LogP contribution < -0.4 is 16.6 Å². The number of nitrogens with one attached hydrogen (secondary N) is 2. The fourth-order valence-corrected chi connectivity index (χ4v) is 1.90. The molecule has 0 atom stereocenters. The van der Waals surface area contributed by atoms with Crippen LogP contribution in [-0.4, -0.2) is 11.5 Å². The van der Waals surface area contributed by atoms with Crippen molar-refractivity contribution in [3.05, 3.63) is 28.3 Å². The first-order valence-corrected chi connectivity index (χ1v) is 6.54. The number of unbranched alkanes of at least 4 members (excludes halogenated alkanes) is 1. The van der Waals surface area contributed by atoms with E-state index < -0.39 is 4.92 Å². The molecule has 0 aromatic heterocycles. The van der Waals surface area contributed by atoms with Crippen molar-refractivity contribution >= 4 is 17.1 Å². The lowest BCUT2D eigenvalue weighted by Gasteiger charge is -2.10. The molecule has 0 aliphatic rings. The predicted molar refractivity (Wildman–Crippen MR) is 78.1 cm³/mol. The highest BCUT2D eigenvalue weighted by molar-refractivity contribution is 5.75. The first-order chi connectivity index (χ1) is 9.06. The maximum Gasteiger partial charge on any atom is 0.316 e. The van der Waals surface area contributed by atoms with Crippen molar-refractivity contribution in [2.75, 3.05) is 17.3 Å². The maximum absolute atomic E-state index is 11.0. The quantitative estimate of drug-likeness (QED) is 0.291. The molecule has 6 heteroatoms. The van der Waals surface area contributed by atoms with E-state index in [0.29, 0.717) is 17.3 Å². The normalized spacial score (nSPS) is 10.5. The molecular formula is C13H22N4O2. The Morgan fingerprint density at radius 3 is 2.58 bits per heavy atom. The average molecular weight is 266 g/mol. The molecule has 0 aliphatic heterocycles. The second-order valence-corrected chi connectivity index (χ2v) is 4.92. The van der Waals surface area contributed by atoms with Crippen LogP contribution in [0.3, 0.4) is 0 Å². The Morgan fingerprint density at radius 1 is 1.32 bits per heavy atom. The van der Waals surface area contributed by atoms with Crippen molar-refractivity contribution in [2.24, 2.45) is 11.8 Å². The Kier molecular flexibility index (Phi) is 6.08. The second kappa shape index (κ2) is 7.58. The van der Waals surface area contributed by atoms with Gasteiger partial charge in [-0.3, -0.25) is 16.0 Å². The summed E-state index contributed by atoms with van der Waals surface area (Å²) in [6.45, 7) is 5.10. The van der Waals surface area contributed by atoms with Crippen LogP contribution >= 0.6 is 0 Å². The lowest BCUT2D eigenvalue weighted by molar-refractivity contribution is -0.383. The number of nitrogen functional groups attached to an aromatic ring is 1. The van der Waals surface area contributed by atoms with Gasteiger partial charge in [-0.25, -0.2) is 0 Å². The van der Waals surface area contributed by atoms with Gasteiger partial charge in [-0.1, -0.05) is 32.8 Å². The summed E-state index contributed by atoms with van der Waals surface area (Å²) < 4.78 is 0. The van der Waals surface area contributed by atoms with Crippen molar-refractivity contribution in [1.29, 1.82) is 0 Å². The molecule has 0 bridgehead atoms. The number of nitrogens with zero attached hydrogens (tertiary/aromatic N) is 1. The van der Waals surface area contributed by atoms with Crippen LogP contribution in [-0.2, 0) is 0 Å². The van der Waals surface area contributed by atoms with Crippen molar-refractivity contribution < 1.29 is 4.92 Å². The van der Waals surface area contributed by atoms with Gasteiger partial charge in [-0.2, -0.15) is 0 Å². The number of hydrazine groups is 1. The summed E-state index contributed by atoms with van der Waals surface area (Å²) in [4.78, 5) is 10.6. The van der Waals surface area contributed by atoms with E-state index in [1.165, 1.54) is 6.42 Å². The Hall–Kier alpha value is -1.82. The number of hydrogen-bond acceptors (Lipinski definition) is 5. The van der Waals surface area contributed by atoms with E-state index in [-0.39, 0.29) is 5.69 Å². The van der Waals surface area contributed by atoms with Gasteiger partial charge < -0.3 is 10.7 Å². The number of benzene rings is 1. The van der Waals surface area contributed by atoms with Gasteiger partial charge in [0.15, 0.2) is 0 Å². The summed E-state index contributed by atoms with van der Waals surface area (Å²) in [5, 5.41) is 14.2. The first-order valence-electron chi connectivity index (χ1n) is 6.54. The minimum Gasteiger partial charge on any atom is -0.379 e. The van der Waals surface area contributed by atoms with E-state index in [0.717, 1.165) is 19.4 Å². The summed E-state index contributed by atoms with van der Waals surface area (Å²) in [7, 11) is 0. The SMILES string of the molecule is CC(C)CCCCNc1cccc(NN)c1[N+](=O)[O-]. The summed E-state index contributed by atoms with van der Waals surface area (Å²) in [5.74, 6) is 5.98. The Bertz CT molecular complexity index is 421. The molecule has 4 N–H and O–H groups in total. The van der Waals surface area contributed by atoms with E-state index in [4.69, 9.17) is 5.84 Å². The fraction of sp³-hybridized carbons (Fsp3) is 0.538. The van der Waals surface area contributed by atoms with Crippen LogP contribution in [0.1, 0.15) is 33.1 Å². The molecule has 0 heterocycles. The van der Waals surface area contributed by atoms with Crippen molar-refractivity contribution in [1.82, 2.24) is 0 Å². The highest BCUT2D eigenvalue weighted by Gasteiger charge is 2.18. The molecule has 0 saturated heterocycles. The standard InChI is InChI=1S/C13H22N4O2/c1-10(2)6-3-4-9-15-11-7-5-8-12(16-14)13(11)17(18)19/h5,7-8,10,15-16H,3-4,6,9,14H2,1-2H3. The molecule has 0 unspecified atom stereocenters. The van der Waals surface area contributed by atoms with Crippen LogP contribution in [0.15, 0.2) is 18.2 Å². The molecule has 0 amide bonds. The van der Waals surface area contributed by atoms with Gasteiger partial charge in [0.2, 0.25) is 0 Å². The van der Waals surface area contributed by atoms with Crippen LogP contribution in [0.4, 0.5) is 17.1 Å². The lowest BCUT2D eigenvalue weighted by Crippen LogP contribution is -2.11. The number of rotatable bonds is 8. The van der Waals surface area contributed by atoms with E-state index in [2.05, 4.69) is 24.6 Å². The number of nitro benzene ring substituents is 1. The first kappa shape index (κ1) is 15.2. The van der Waals surface area contributed by atoms with Crippen LogP contribution in [0.5, 0.6) is 0 Å². The minimum absolute atomic E-state index is 0.00569. The summed E-state index contributed by atoms with van der Waals surface area (Å²) in [6, 6.07) is 5.02. The molecule has 0 spiro atoms. The number of para-hydroxylation sites is 1. The van der Waals surface area contributed by atoms with Gasteiger partial charge in [0.05, 0.1) is 4.92 Å². The molecule has 0 radical (unpaired) electrons. The van der Waals surface area contributed by atoms with Gasteiger partial charge >= 0.3 is 5.69 Å². The number of anilines is 2. The van der Waals surface area contributed by atoms with Gasteiger partial charge in [0.25, 0.3) is 0 Å². The molecule has 1 rings (SSSR count). The average Bonchev–Trinajstić information content (AvgIpc) is 2.37. The highest BCUT2D eigenvalue weighted by atomic mass is 16.6. The molecule has 19 heavy (non-hydrogen) atoms. The number of nitrogens with two attached hydrogens (primary N) is 1. The van der Waals surface area contributed by atoms with E-state index in [1.807, 2.05) is 0 Å². The predicted octanol–water partition coefficient (Wildman–Crippen LogP) is 3.12. The Balaban J connectivity index is 2.60. The zero-order valence-electron chi connectivity index (χ0n) is 11.5. The smallest absolute Gasteiger partial charge is 0.316 e. The molecular weight excluding hydrogens is 244 g/mol. The van der Waals surface area contributed by atoms with Crippen LogP contribution in [0.2, 0.25) is 0 Å². The van der Waals surface area contributed by atoms with E-state index in [1.54, 1.807) is 18.2 Å². The van der Waals surface area contributed by atoms with Crippen LogP contribution in [0.25, 0.3) is 0 Å². The topological polar surface area (TPSA) is 93.2 Å². The zero-order valence-corrected chi connectivity index (χ0v) is 11.5. The van der Waals surface area contributed by atoms with Crippen molar-refractivity contribution in [3.63, 3.8) is 0 Å². The Labute approximate surface area is 113 Å². The summed E-state index contributed by atoms with van der Waals surface area (Å²) >= 11 is 0. The molecule has 0 saturated carbocycles. The Morgan fingerprint density at radius 2 is 2.00 bits per heavy atom. The van der Waals surface area contributed by atoms with Gasteiger partial charge in [0.1, 0.15) is 11.4 Å². The molecule has 0 aliphatic carbocycles. The fourth-order valence-electron chi connectivity index (χ4n) is 1.90.